The average Bonchev–Trinajstić information content (AvgIpc) is 3.31. The van der Waals surface area contributed by atoms with Crippen molar-refractivity contribution in [1.29, 1.82) is 5.26 Å². The molecule has 0 aromatic carbocycles. The van der Waals surface area contributed by atoms with E-state index in [2.05, 4.69) is 21.5 Å². The van der Waals surface area contributed by atoms with E-state index in [-0.39, 0.29) is 6.04 Å². The smallest absolute Gasteiger partial charge is 0.163 e. The molecule has 10 heteroatoms. The van der Waals surface area contributed by atoms with Crippen molar-refractivity contribution in [2.45, 2.75) is 44.8 Å². The minimum atomic E-state index is -0.877. The third-order valence-corrected chi connectivity index (χ3v) is 7.46. The highest BCUT2D eigenvalue weighted by molar-refractivity contribution is 6.22. The summed E-state index contributed by atoms with van der Waals surface area (Å²) < 4.78 is 21.1. The van der Waals surface area contributed by atoms with Crippen molar-refractivity contribution in [3.8, 4) is 11.8 Å². The van der Waals surface area contributed by atoms with Crippen molar-refractivity contribution in [3.63, 3.8) is 0 Å². The number of nitrogens with one attached hydrogen (secondary N) is 1. The Morgan fingerprint density at radius 3 is 2.84 bits per heavy atom. The summed E-state index contributed by atoms with van der Waals surface area (Å²) in [5.41, 5.74) is 9.86. The van der Waals surface area contributed by atoms with Gasteiger partial charge in [0.1, 0.15) is 28.7 Å². The van der Waals surface area contributed by atoms with Gasteiger partial charge in [-0.1, -0.05) is 0 Å². The van der Waals surface area contributed by atoms with Gasteiger partial charge >= 0.3 is 0 Å². The van der Waals surface area contributed by atoms with Gasteiger partial charge < -0.3 is 20.9 Å². The number of hydrogen-bond acceptors (Lipinski definition) is 8. The van der Waals surface area contributed by atoms with Crippen molar-refractivity contribution in [3.05, 3.63) is 65.6 Å². The molecule has 37 heavy (non-hydrogen) atoms. The van der Waals surface area contributed by atoms with E-state index in [9.17, 15) is 14.8 Å². The number of aliphatic hydroxyl groups excluding tert-OH is 1. The molecule has 192 valence electrons. The number of aromatic nitrogens is 3. The molecule has 1 atom stereocenters. The second-order valence-corrected chi connectivity index (χ2v) is 9.85. The number of hydrogen-bond donors (Lipinski definition) is 3. The number of piperidine rings is 1. The molecule has 0 radical (unpaired) electrons. The number of rotatable bonds is 7. The molecule has 1 spiro atoms. The van der Waals surface area contributed by atoms with Crippen LogP contribution in [0.4, 0.5) is 4.39 Å². The molecule has 0 bridgehead atoms. The first-order chi connectivity index (χ1) is 17.9. The van der Waals surface area contributed by atoms with Crippen LogP contribution in [-0.2, 0) is 0 Å². The number of nitrogens with two attached hydrogens (primary N) is 1. The number of halogens is 1. The van der Waals surface area contributed by atoms with Crippen LogP contribution in [0.15, 0.2) is 48.0 Å². The van der Waals surface area contributed by atoms with Crippen molar-refractivity contribution in [2.24, 2.45) is 16.1 Å². The number of allylic oxidation sites excluding steroid dienone is 1. The number of pyridine rings is 2. The Labute approximate surface area is 214 Å². The zero-order valence-corrected chi connectivity index (χ0v) is 20.7. The van der Waals surface area contributed by atoms with E-state index in [0.29, 0.717) is 33.5 Å². The van der Waals surface area contributed by atoms with Crippen LogP contribution in [0.3, 0.4) is 0 Å². The fraction of sp³-hybridized carbons (Fsp3) is 0.407. The number of ether oxygens (including phenoxy) is 1. The normalized spacial score (nSPS) is 19.0. The lowest BCUT2D eigenvalue weighted by molar-refractivity contribution is 0.0645. The zero-order valence-electron chi connectivity index (χ0n) is 20.7. The van der Waals surface area contributed by atoms with Gasteiger partial charge in [0.15, 0.2) is 6.10 Å². The van der Waals surface area contributed by atoms with E-state index in [4.69, 9.17) is 15.5 Å². The number of aliphatic imine (C=N–C) groups is 1. The molecule has 1 saturated heterocycles. The molecule has 1 unspecified atom stereocenters. The Hall–Kier alpha value is -3.81. The fourth-order valence-electron chi connectivity index (χ4n) is 5.49. The maximum atomic E-state index is 13.4. The molecule has 2 aliphatic rings. The second kappa shape index (κ2) is 10.3. The largest absolute Gasteiger partial charge is 0.479 e. The summed E-state index contributed by atoms with van der Waals surface area (Å²) in [6, 6.07) is 6.86. The van der Waals surface area contributed by atoms with E-state index in [1.807, 2.05) is 6.92 Å². The lowest BCUT2D eigenvalue weighted by atomic mass is 9.61. The molecular weight excluding hydrogens is 473 g/mol. The predicted molar refractivity (Wildman–Crippen MR) is 137 cm³/mol. The molecule has 3 aromatic heterocycles. The summed E-state index contributed by atoms with van der Waals surface area (Å²) in [4.78, 5) is 9.02. The Morgan fingerprint density at radius 1 is 1.41 bits per heavy atom. The quantitative estimate of drug-likeness (QED) is 0.422. The van der Waals surface area contributed by atoms with Crippen molar-refractivity contribution in [1.82, 2.24) is 19.9 Å². The maximum absolute atomic E-state index is 13.4. The highest BCUT2D eigenvalue weighted by atomic mass is 19.1. The second-order valence-electron chi connectivity index (χ2n) is 9.85. The molecule has 1 saturated carbocycles. The fourth-order valence-corrected chi connectivity index (χ4v) is 5.49. The van der Waals surface area contributed by atoms with Crippen LogP contribution >= 0.6 is 0 Å². The van der Waals surface area contributed by atoms with Gasteiger partial charge in [0.25, 0.3) is 0 Å². The standard InChI is InChI=1S/C27H30FN7O2/c1-17(34-21-9-27(10-21)4-6-31-7-5-27)22(12-30)18-8-24(26-19(11-29)13-33-35(26)15-18)37-25(16-36)23-3-2-20(28)14-32-23/h2-3,8,12-15,21,25,31,36H,4-7,9-10,16,30H2,1H3/b22-12+,34-17?. The highest BCUT2D eigenvalue weighted by Crippen LogP contribution is 2.49. The minimum Gasteiger partial charge on any atom is -0.479 e. The molecule has 4 heterocycles. The average molecular weight is 504 g/mol. The summed E-state index contributed by atoms with van der Waals surface area (Å²) in [5, 5.41) is 27.4. The van der Waals surface area contributed by atoms with Gasteiger partial charge in [-0.25, -0.2) is 8.91 Å². The van der Waals surface area contributed by atoms with E-state index in [1.54, 1.807) is 16.8 Å². The van der Waals surface area contributed by atoms with Gasteiger partial charge in [-0.15, -0.1) is 0 Å². The first-order valence-electron chi connectivity index (χ1n) is 12.4. The van der Waals surface area contributed by atoms with Gasteiger partial charge in [-0.2, -0.15) is 10.4 Å². The third-order valence-electron chi connectivity index (χ3n) is 7.46. The zero-order chi connectivity index (χ0) is 26.0. The Morgan fingerprint density at radius 2 is 2.19 bits per heavy atom. The van der Waals surface area contributed by atoms with Gasteiger partial charge in [0, 0.05) is 29.2 Å². The molecule has 4 N–H and O–H groups in total. The Balaban J connectivity index is 1.46. The minimum absolute atomic E-state index is 0.269. The first-order valence-corrected chi connectivity index (χ1v) is 12.4. The molecule has 5 rings (SSSR count). The number of nitriles is 1. The molecule has 9 nitrogen and oxygen atoms in total. The summed E-state index contributed by atoms with van der Waals surface area (Å²) in [5.74, 6) is -0.168. The van der Waals surface area contributed by atoms with Gasteiger partial charge in [-0.05, 0) is 69.3 Å². The number of nitrogens with zero attached hydrogens (tertiary/aromatic N) is 5. The number of aliphatic hydroxyl groups is 1. The van der Waals surface area contributed by atoms with Crippen molar-refractivity contribution >= 4 is 16.8 Å². The van der Waals surface area contributed by atoms with Crippen molar-refractivity contribution in [2.75, 3.05) is 19.7 Å². The molecule has 0 amide bonds. The topological polar surface area (TPSA) is 134 Å². The van der Waals surface area contributed by atoms with Crippen LogP contribution < -0.4 is 15.8 Å². The molecule has 1 aliphatic heterocycles. The van der Waals surface area contributed by atoms with Crippen LogP contribution in [0.2, 0.25) is 0 Å². The van der Waals surface area contributed by atoms with Crippen LogP contribution in [0.25, 0.3) is 11.1 Å². The number of fused-ring (bicyclic) bond motifs is 1. The van der Waals surface area contributed by atoms with Crippen LogP contribution in [0.1, 0.15) is 55.5 Å². The summed E-state index contributed by atoms with van der Waals surface area (Å²) in [6.07, 6.45) is 9.51. The maximum Gasteiger partial charge on any atom is 0.163 e. The molecule has 1 aliphatic carbocycles. The first kappa shape index (κ1) is 24.9. The SMILES string of the molecule is CC(=NC1CC2(CCNCC2)C1)/C(=C\N)c1cc(OC(CO)c2ccc(F)cn2)c2c(C#N)cnn2c1. The van der Waals surface area contributed by atoms with Crippen LogP contribution in [0, 0.1) is 22.6 Å². The highest BCUT2D eigenvalue weighted by Gasteiger charge is 2.44. The van der Waals surface area contributed by atoms with Gasteiger partial charge in [-0.3, -0.25) is 9.98 Å². The van der Waals surface area contributed by atoms with E-state index in [1.165, 1.54) is 37.4 Å². The van der Waals surface area contributed by atoms with E-state index >= 15 is 0 Å². The predicted octanol–water partition coefficient (Wildman–Crippen LogP) is 3.15. The summed E-state index contributed by atoms with van der Waals surface area (Å²) in [6.45, 7) is 3.69. The van der Waals surface area contributed by atoms with E-state index in [0.717, 1.165) is 43.4 Å². The van der Waals surface area contributed by atoms with Crippen LogP contribution in [-0.4, -0.2) is 51.2 Å². The lowest BCUT2D eigenvalue weighted by Gasteiger charge is -2.49. The molecule has 2 fully saturated rings. The van der Waals surface area contributed by atoms with E-state index < -0.39 is 18.5 Å². The Bertz CT molecular complexity index is 1380. The van der Waals surface area contributed by atoms with Gasteiger partial charge in [0.05, 0.1) is 30.7 Å². The Kier molecular flexibility index (Phi) is 6.91. The van der Waals surface area contributed by atoms with Crippen molar-refractivity contribution < 1.29 is 14.2 Å². The van der Waals surface area contributed by atoms with Crippen LogP contribution in [0.5, 0.6) is 5.75 Å². The summed E-state index contributed by atoms with van der Waals surface area (Å²) in [7, 11) is 0. The monoisotopic (exact) mass is 503 g/mol. The third kappa shape index (κ3) is 4.92. The summed E-state index contributed by atoms with van der Waals surface area (Å²) >= 11 is 0. The lowest BCUT2D eigenvalue weighted by Crippen LogP contribution is -2.47. The molecular formula is C27H30FN7O2. The molecule has 3 aromatic rings. The van der Waals surface area contributed by atoms with Gasteiger partial charge in [0.2, 0.25) is 0 Å².